The highest BCUT2D eigenvalue weighted by molar-refractivity contribution is 6.74. The molecule has 0 radical (unpaired) electrons. The summed E-state index contributed by atoms with van der Waals surface area (Å²) < 4.78 is 32.1. The number of methoxy groups -OCH3 is 1. The third-order valence-electron chi connectivity index (χ3n) is 14.9. The van der Waals surface area contributed by atoms with Crippen LogP contribution in [-0.4, -0.2) is 48.0 Å². The molecule has 318 valence electrons. The highest BCUT2D eigenvalue weighted by atomic mass is 28.4. The molecule has 0 aliphatic heterocycles. The lowest BCUT2D eigenvalue weighted by molar-refractivity contribution is -0.0833. The standard InChI is InChI=1S/C50H55NO9Si/c1-28-17-16-22-48(5,6)49(28)25-31-36-38(33(24-35(56-7)41(36)49)57-26-29-18-12-10-13-19-29)43(53)40-37(31)42(52)32-23-34-39(46(51-59-34)58-27-30-20-14-11-15-21-30)45(50(32,55)44(40)54)60-61(8,9)47(2,3)4/h10-15,17-21,24,32,45,53,55H,16,22-23,25-27H2,1-9H3/t32-,45?,49+,50+/m0/s1. The van der Waals surface area contributed by atoms with Crippen LogP contribution in [0.2, 0.25) is 18.1 Å². The maximum Gasteiger partial charge on any atom is 0.260 e. The molecule has 61 heavy (non-hydrogen) atoms. The molecule has 4 aromatic carbocycles. The molecule has 1 unspecified atom stereocenters. The van der Waals surface area contributed by atoms with Crippen LogP contribution in [0.25, 0.3) is 10.8 Å². The summed E-state index contributed by atoms with van der Waals surface area (Å²) in [4.78, 5) is 31.5. The van der Waals surface area contributed by atoms with E-state index in [4.69, 9.17) is 23.2 Å². The molecule has 0 fully saturated rings. The van der Waals surface area contributed by atoms with Crippen LogP contribution in [0, 0.1) is 11.3 Å². The van der Waals surface area contributed by atoms with Gasteiger partial charge in [-0.2, -0.15) is 0 Å². The van der Waals surface area contributed by atoms with E-state index >= 15 is 9.59 Å². The molecule has 1 aromatic heterocycles. The quantitative estimate of drug-likeness (QED) is 0.109. The van der Waals surface area contributed by atoms with E-state index in [0.717, 1.165) is 35.1 Å². The smallest absolute Gasteiger partial charge is 0.260 e. The molecule has 5 aromatic rings. The lowest BCUT2D eigenvalue weighted by Gasteiger charge is -2.50. The second kappa shape index (κ2) is 14.2. The van der Waals surface area contributed by atoms with Gasteiger partial charge >= 0.3 is 0 Å². The fourth-order valence-electron chi connectivity index (χ4n) is 10.5. The van der Waals surface area contributed by atoms with Crippen LogP contribution in [0.4, 0.5) is 0 Å². The second-order valence-electron chi connectivity index (χ2n) is 19.6. The van der Waals surface area contributed by atoms with E-state index in [2.05, 4.69) is 52.8 Å². The average molecular weight is 842 g/mol. The number of carbonyl (C=O) groups excluding carboxylic acids is 2. The molecule has 0 bridgehead atoms. The largest absolute Gasteiger partial charge is 0.506 e. The number of phenols is 1. The summed E-state index contributed by atoms with van der Waals surface area (Å²) in [5.41, 5.74) is 1.20. The highest BCUT2D eigenvalue weighted by Crippen LogP contribution is 2.66. The van der Waals surface area contributed by atoms with Crippen molar-refractivity contribution in [3.8, 4) is 23.1 Å². The van der Waals surface area contributed by atoms with Crippen LogP contribution < -0.4 is 14.2 Å². The molecule has 11 heteroatoms. The van der Waals surface area contributed by atoms with Crippen LogP contribution >= 0.6 is 0 Å². The molecular weight excluding hydrogens is 787 g/mol. The third-order valence-corrected chi connectivity index (χ3v) is 19.3. The SMILES string of the molecule is COc1cc(OCc2ccccc2)c2c(O)c3c(c4c2c1[C@@]1(C4)C(C)=CCCC1(C)C)C(=O)[C@@H]1Cc2onc(OCc4ccccc4)c2C(O[Si](C)(C)C(C)(C)C)[C@]1(O)C3=O. The van der Waals surface area contributed by atoms with Crippen LogP contribution in [0.1, 0.15) is 115 Å². The van der Waals surface area contributed by atoms with E-state index in [-0.39, 0.29) is 47.1 Å². The van der Waals surface area contributed by atoms with Gasteiger partial charge in [-0.3, -0.25) is 9.59 Å². The Bertz CT molecular complexity index is 2640. The van der Waals surface area contributed by atoms with E-state index in [0.29, 0.717) is 45.6 Å². The molecule has 4 atom stereocenters. The summed E-state index contributed by atoms with van der Waals surface area (Å²) in [6, 6.07) is 21.1. The Balaban J connectivity index is 1.29. The number of Topliss-reactive ketones (excluding diaryl/α,β-unsaturated/α-hetero) is 2. The van der Waals surface area contributed by atoms with Crippen LogP contribution in [0.5, 0.6) is 23.1 Å². The van der Waals surface area contributed by atoms with Crippen molar-refractivity contribution in [3.05, 3.63) is 123 Å². The molecule has 4 aliphatic carbocycles. The first-order valence-corrected chi connectivity index (χ1v) is 24.2. The van der Waals surface area contributed by atoms with Crippen molar-refractivity contribution in [2.75, 3.05) is 7.11 Å². The number of aliphatic hydroxyl groups is 1. The number of carbonyl (C=O) groups is 2. The number of aromatic hydroxyl groups is 1. The Morgan fingerprint density at radius 2 is 1.56 bits per heavy atom. The zero-order valence-corrected chi connectivity index (χ0v) is 37.5. The fraction of sp³-hybridized carbons (Fsp3) is 0.420. The molecule has 4 aliphatic rings. The number of nitrogens with zero attached hydrogens (tertiary/aromatic N) is 1. The van der Waals surface area contributed by atoms with Crippen LogP contribution in [0.15, 0.2) is 82.9 Å². The number of fused-ring (bicyclic) bond motifs is 5. The number of phenolic OH excluding ortho intramolecular Hbond substituents is 1. The molecule has 0 saturated heterocycles. The number of hydrogen-bond acceptors (Lipinski definition) is 10. The van der Waals surface area contributed by atoms with Gasteiger partial charge in [-0.15, -0.1) is 0 Å². The van der Waals surface area contributed by atoms with Crippen molar-refractivity contribution in [1.82, 2.24) is 5.16 Å². The lowest BCUT2D eigenvalue weighted by atomic mass is 9.54. The number of ether oxygens (including phenoxy) is 3. The van der Waals surface area contributed by atoms with Crippen molar-refractivity contribution >= 4 is 30.7 Å². The maximum atomic E-state index is 15.8. The number of benzene rings is 4. The van der Waals surface area contributed by atoms with Crippen LogP contribution in [0.3, 0.4) is 0 Å². The van der Waals surface area contributed by atoms with Gasteiger partial charge in [-0.25, -0.2) is 0 Å². The molecule has 2 N–H and O–H groups in total. The van der Waals surface area contributed by atoms with E-state index in [1.165, 1.54) is 0 Å². The monoisotopic (exact) mass is 841 g/mol. The van der Waals surface area contributed by atoms with Gasteiger partial charge in [0.25, 0.3) is 5.88 Å². The van der Waals surface area contributed by atoms with Gasteiger partial charge in [-0.05, 0) is 71.6 Å². The van der Waals surface area contributed by atoms with Crippen molar-refractivity contribution in [3.63, 3.8) is 0 Å². The van der Waals surface area contributed by atoms with Gasteiger partial charge in [0.1, 0.15) is 42.3 Å². The minimum atomic E-state index is -2.84. The highest BCUT2D eigenvalue weighted by Gasteiger charge is 2.66. The first-order valence-electron chi connectivity index (χ1n) is 21.3. The van der Waals surface area contributed by atoms with Crippen molar-refractivity contribution in [1.29, 1.82) is 0 Å². The summed E-state index contributed by atoms with van der Waals surface area (Å²) in [7, 11) is -1.21. The predicted octanol–water partition coefficient (Wildman–Crippen LogP) is 10.3. The molecular formula is C50H55NO9Si. The van der Waals surface area contributed by atoms with Gasteiger partial charge in [-0.1, -0.05) is 107 Å². The van der Waals surface area contributed by atoms with Crippen LogP contribution in [-0.2, 0) is 35.9 Å². The van der Waals surface area contributed by atoms with Gasteiger partial charge in [0.2, 0.25) is 5.78 Å². The summed E-state index contributed by atoms with van der Waals surface area (Å²) in [6.07, 6.45) is 2.87. The Morgan fingerprint density at radius 1 is 0.918 bits per heavy atom. The number of rotatable bonds is 9. The Kier molecular flexibility index (Phi) is 9.54. The van der Waals surface area contributed by atoms with E-state index in [1.807, 2.05) is 73.8 Å². The number of ketones is 2. The average Bonchev–Trinajstić information content (AvgIpc) is 3.80. The first-order chi connectivity index (χ1) is 28.9. The van der Waals surface area contributed by atoms with E-state index in [1.54, 1.807) is 13.2 Å². The summed E-state index contributed by atoms with van der Waals surface area (Å²) in [6.45, 7) is 17.2. The molecule has 10 nitrogen and oxygen atoms in total. The summed E-state index contributed by atoms with van der Waals surface area (Å²) in [5, 5.41) is 31.2. The predicted molar refractivity (Wildman–Crippen MR) is 234 cm³/mol. The number of hydrogen-bond donors (Lipinski definition) is 2. The Labute approximate surface area is 358 Å². The topological polar surface area (TPSA) is 138 Å². The molecule has 0 saturated carbocycles. The zero-order chi connectivity index (χ0) is 43.4. The Morgan fingerprint density at radius 3 is 2.16 bits per heavy atom. The maximum absolute atomic E-state index is 15.8. The number of aromatic nitrogens is 1. The lowest BCUT2D eigenvalue weighted by Crippen LogP contribution is -2.62. The molecule has 1 spiro atoms. The minimum Gasteiger partial charge on any atom is -0.506 e. The van der Waals surface area contributed by atoms with Gasteiger partial charge in [0.05, 0.1) is 29.5 Å². The first kappa shape index (κ1) is 41.1. The second-order valence-corrected chi connectivity index (χ2v) is 24.3. The Hall–Kier alpha value is -5.23. The molecule has 0 amide bonds. The zero-order valence-electron chi connectivity index (χ0n) is 36.5. The minimum absolute atomic E-state index is 0.0823. The van der Waals surface area contributed by atoms with Gasteiger partial charge < -0.3 is 33.4 Å². The molecule has 1 heterocycles. The summed E-state index contributed by atoms with van der Waals surface area (Å²) in [5.74, 6) is -1.71. The van der Waals surface area contributed by atoms with Crippen molar-refractivity contribution in [2.24, 2.45) is 11.3 Å². The summed E-state index contributed by atoms with van der Waals surface area (Å²) >= 11 is 0. The molecule has 9 rings (SSSR count). The number of allylic oxidation sites excluding steroid dienone is 2. The normalized spacial score (nSPS) is 24.0. The van der Waals surface area contributed by atoms with E-state index < -0.39 is 48.7 Å². The fourth-order valence-corrected chi connectivity index (χ4v) is 11.7. The third kappa shape index (κ3) is 5.90. The van der Waals surface area contributed by atoms with Crippen molar-refractivity contribution < 1.29 is 43.0 Å². The van der Waals surface area contributed by atoms with Crippen molar-refractivity contribution in [2.45, 2.75) is 116 Å². The van der Waals surface area contributed by atoms with Gasteiger partial charge in [0.15, 0.2) is 19.7 Å². The van der Waals surface area contributed by atoms with E-state index in [9.17, 15) is 10.2 Å². The van der Waals surface area contributed by atoms with Gasteiger partial charge in [0, 0.05) is 34.4 Å².